The fourth-order valence-electron chi connectivity index (χ4n) is 2.62. The molecular formula is C16H11NO. The van der Waals surface area contributed by atoms with Crippen molar-refractivity contribution in [1.29, 1.82) is 0 Å². The van der Waals surface area contributed by atoms with Crippen LogP contribution >= 0.6 is 0 Å². The summed E-state index contributed by atoms with van der Waals surface area (Å²) in [6, 6.07) is 16.2. The van der Waals surface area contributed by atoms with Crippen LogP contribution in [0, 0.1) is 0 Å². The zero-order valence-corrected chi connectivity index (χ0v) is 9.64. The van der Waals surface area contributed by atoms with E-state index < -0.39 is 0 Å². The SMILES string of the molecule is Oc1cc2cc[nH]c2c2cc3ccccc3cc12. The second-order valence-corrected chi connectivity index (χ2v) is 4.58. The molecule has 0 aliphatic rings. The van der Waals surface area contributed by atoms with Crippen LogP contribution in [0.1, 0.15) is 0 Å². The van der Waals surface area contributed by atoms with E-state index in [0.717, 1.165) is 27.1 Å². The normalized spacial score (nSPS) is 11.6. The van der Waals surface area contributed by atoms with Crippen LogP contribution in [0.3, 0.4) is 0 Å². The van der Waals surface area contributed by atoms with Crippen LogP contribution in [-0.4, -0.2) is 10.1 Å². The lowest BCUT2D eigenvalue weighted by atomic mass is 10.0. The number of phenolic OH excluding ortho intramolecular Hbond substituents is 1. The first kappa shape index (κ1) is 9.54. The van der Waals surface area contributed by atoms with Crippen LogP contribution in [0.2, 0.25) is 0 Å². The van der Waals surface area contributed by atoms with Crippen molar-refractivity contribution in [1.82, 2.24) is 4.98 Å². The van der Waals surface area contributed by atoms with E-state index in [2.05, 4.69) is 23.2 Å². The third-order valence-corrected chi connectivity index (χ3v) is 3.50. The zero-order valence-electron chi connectivity index (χ0n) is 9.64. The smallest absolute Gasteiger partial charge is 0.124 e. The van der Waals surface area contributed by atoms with Crippen molar-refractivity contribution >= 4 is 32.4 Å². The summed E-state index contributed by atoms with van der Waals surface area (Å²) in [5.41, 5.74) is 1.08. The van der Waals surface area contributed by atoms with Gasteiger partial charge in [-0.3, -0.25) is 0 Å². The fraction of sp³-hybridized carbons (Fsp3) is 0. The van der Waals surface area contributed by atoms with Crippen molar-refractivity contribution in [2.24, 2.45) is 0 Å². The van der Waals surface area contributed by atoms with Crippen LogP contribution in [0.5, 0.6) is 5.75 Å². The maximum absolute atomic E-state index is 10.1. The summed E-state index contributed by atoms with van der Waals surface area (Å²) < 4.78 is 0. The fourth-order valence-corrected chi connectivity index (χ4v) is 2.62. The molecule has 86 valence electrons. The second-order valence-electron chi connectivity index (χ2n) is 4.58. The highest BCUT2D eigenvalue weighted by molar-refractivity contribution is 6.13. The number of benzene rings is 3. The third kappa shape index (κ3) is 1.17. The van der Waals surface area contributed by atoms with Crippen molar-refractivity contribution in [3.8, 4) is 5.75 Å². The Kier molecular flexibility index (Phi) is 1.73. The molecule has 0 aliphatic heterocycles. The summed E-state index contributed by atoms with van der Waals surface area (Å²) in [5.74, 6) is 0.336. The first-order valence-corrected chi connectivity index (χ1v) is 5.94. The van der Waals surface area contributed by atoms with Gasteiger partial charge in [0, 0.05) is 22.4 Å². The molecule has 0 radical (unpaired) electrons. The van der Waals surface area contributed by atoms with Crippen molar-refractivity contribution in [3.05, 3.63) is 54.7 Å². The Bertz CT molecular complexity index is 889. The molecule has 4 aromatic rings. The Morgan fingerprint density at radius 3 is 2.28 bits per heavy atom. The Morgan fingerprint density at radius 1 is 0.778 bits per heavy atom. The van der Waals surface area contributed by atoms with Gasteiger partial charge in [0.15, 0.2) is 0 Å². The Morgan fingerprint density at radius 2 is 1.50 bits per heavy atom. The van der Waals surface area contributed by atoms with Crippen LogP contribution in [0.15, 0.2) is 54.7 Å². The van der Waals surface area contributed by atoms with E-state index in [9.17, 15) is 5.11 Å². The highest BCUT2D eigenvalue weighted by Crippen LogP contribution is 2.34. The van der Waals surface area contributed by atoms with Crippen molar-refractivity contribution in [3.63, 3.8) is 0 Å². The minimum Gasteiger partial charge on any atom is -0.507 e. The van der Waals surface area contributed by atoms with E-state index in [1.807, 2.05) is 36.5 Å². The van der Waals surface area contributed by atoms with Gasteiger partial charge < -0.3 is 10.1 Å². The first-order valence-electron chi connectivity index (χ1n) is 5.94. The quantitative estimate of drug-likeness (QED) is 0.439. The second kappa shape index (κ2) is 3.26. The molecule has 18 heavy (non-hydrogen) atoms. The van der Waals surface area contributed by atoms with Gasteiger partial charge in [-0.25, -0.2) is 0 Å². The van der Waals surface area contributed by atoms with E-state index in [-0.39, 0.29) is 0 Å². The average Bonchev–Trinajstić information content (AvgIpc) is 2.85. The lowest BCUT2D eigenvalue weighted by Crippen LogP contribution is -1.79. The Hall–Kier alpha value is -2.48. The first-order chi connectivity index (χ1) is 8.83. The molecule has 4 rings (SSSR count). The number of hydrogen-bond acceptors (Lipinski definition) is 1. The number of phenols is 1. The molecule has 1 heterocycles. The number of H-pyrrole nitrogens is 1. The van der Waals surface area contributed by atoms with E-state index >= 15 is 0 Å². The molecule has 0 atom stereocenters. The summed E-state index contributed by atoms with van der Waals surface area (Å²) in [6.45, 7) is 0. The van der Waals surface area contributed by atoms with Crippen molar-refractivity contribution < 1.29 is 5.11 Å². The minimum absolute atomic E-state index is 0.336. The summed E-state index contributed by atoms with van der Waals surface area (Å²) in [5, 5.41) is 15.5. The van der Waals surface area contributed by atoms with Gasteiger partial charge in [0.05, 0.1) is 5.52 Å². The zero-order chi connectivity index (χ0) is 12.1. The van der Waals surface area contributed by atoms with E-state index in [0.29, 0.717) is 5.75 Å². The molecule has 2 heteroatoms. The summed E-state index contributed by atoms with van der Waals surface area (Å²) in [6.07, 6.45) is 1.90. The summed E-state index contributed by atoms with van der Waals surface area (Å²) in [7, 11) is 0. The van der Waals surface area contributed by atoms with Gasteiger partial charge in [0.2, 0.25) is 0 Å². The predicted octanol–water partition coefficient (Wildman–Crippen LogP) is 4.18. The maximum Gasteiger partial charge on any atom is 0.124 e. The highest BCUT2D eigenvalue weighted by Gasteiger charge is 2.07. The van der Waals surface area contributed by atoms with Crippen molar-refractivity contribution in [2.75, 3.05) is 0 Å². The molecule has 0 bridgehead atoms. The molecule has 2 nitrogen and oxygen atoms in total. The standard InChI is InChI=1S/C16H11NO/c18-15-9-12-5-6-17-16(12)14-8-11-4-2-1-3-10(11)7-13(14)15/h1-9,17-18H. The Balaban J connectivity index is 2.32. The van der Waals surface area contributed by atoms with Gasteiger partial charge in [-0.15, -0.1) is 0 Å². The van der Waals surface area contributed by atoms with Gasteiger partial charge in [-0.05, 0) is 35.0 Å². The number of nitrogens with one attached hydrogen (secondary N) is 1. The Labute approximate surface area is 103 Å². The highest BCUT2D eigenvalue weighted by atomic mass is 16.3. The molecule has 0 saturated carbocycles. The number of aromatic amines is 1. The van der Waals surface area contributed by atoms with Gasteiger partial charge >= 0.3 is 0 Å². The van der Waals surface area contributed by atoms with E-state index in [1.54, 1.807) is 0 Å². The van der Waals surface area contributed by atoms with Gasteiger partial charge in [0.1, 0.15) is 5.75 Å². The van der Waals surface area contributed by atoms with Gasteiger partial charge in [-0.2, -0.15) is 0 Å². The monoisotopic (exact) mass is 233 g/mol. The molecule has 3 aromatic carbocycles. The minimum atomic E-state index is 0.336. The lowest BCUT2D eigenvalue weighted by Gasteiger charge is -2.06. The molecule has 2 N–H and O–H groups in total. The largest absolute Gasteiger partial charge is 0.507 e. The predicted molar refractivity (Wildman–Crippen MR) is 75.0 cm³/mol. The molecular weight excluding hydrogens is 222 g/mol. The van der Waals surface area contributed by atoms with Crippen LogP contribution in [-0.2, 0) is 0 Å². The van der Waals surface area contributed by atoms with Gasteiger partial charge in [-0.1, -0.05) is 24.3 Å². The topological polar surface area (TPSA) is 36.0 Å². The number of hydrogen-bond donors (Lipinski definition) is 2. The molecule has 1 aromatic heterocycles. The average molecular weight is 233 g/mol. The third-order valence-electron chi connectivity index (χ3n) is 3.50. The van der Waals surface area contributed by atoms with E-state index in [4.69, 9.17) is 0 Å². The van der Waals surface area contributed by atoms with Crippen molar-refractivity contribution in [2.45, 2.75) is 0 Å². The molecule has 0 amide bonds. The summed E-state index contributed by atoms with van der Waals surface area (Å²) in [4.78, 5) is 3.24. The van der Waals surface area contributed by atoms with Crippen LogP contribution < -0.4 is 0 Å². The molecule has 0 aliphatic carbocycles. The van der Waals surface area contributed by atoms with Crippen LogP contribution in [0.4, 0.5) is 0 Å². The molecule has 0 unspecified atom stereocenters. The number of rotatable bonds is 0. The molecule has 0 saturated heterocycles. The van der Waals surface area contributed by atoms with E-state index in [1.165, 1.54) is 5.39 Å². The lowest BCUT2D eigenvalue weighted by molar-refractivity contribution is 0.482. The molecule has 0 spiro atoms. The summed E-state index contributed by atoms with van der Waals surface area (Å²) >= 11 is 0. The maximum atomic E-state index is 10.1. The number of fused-ring (bicyclic) bond motifs is 4. The molecule has 0 fully saturated rings. The number of aromatic hydroxyl groups is 1. The van der Waals surface area contributed by atoms with Gasteiger partial charge in [0.25, 0.3) is 0 Å². The van der Waals surface area contributed by atoms with Crippen LogP contribution in [0.25, 0.3) is 32.4 Å². The number of aromatic nitrogens is 1.